The number of aliphatic hydroxyl groups is 1. The highest BCUT2D eigenvalue weighted by Gasteiger charge is 2.75. The van der Waals surface area contributed by atoms with Crippen LogP contribution in [-0.2, 0) is 23.9 Å². The SMILES string of the molecule is CCOC(=O)[C@@H]1[C@H]2C(=O)N([C@@H](CO)C(C)C)C(C(=O)Nc3c(C)cccc3Cl)C23CC[C@H]1O3. The van der Waals surface area contributed by atoms with Gasteiger partial charge in [-0.25, -0.2) is 0 Å². The van der Waals surface area contributed by atoms with Crippen molar-refractivity contribution in [3.8, 4) is 0 Å². The zero-order valence-corrected chi connectivity index (χ0v) is 20.1. The predicted molar refractivity (Wildman–Crippen MR) is 122 cm³/mol. The van der Waals surface area contributed by atoms with Crippen LogP contribution < -0.4 is 5.32 Å². The van der Waals surface area contributed by atoms with Crippen LogP contribution in [0.2, 0.25) is 5.02 Å². The van der Waals surface area contributed by atoms with Crippen LogP contribution in [0.15, 0.2) is 18.2 Å². The number of anilines is 1. The summed E-state index contributed by atoms with van der Waals surface area (Å²) in [6.45, 7) is 7.20. The normalized spacial score (nSPS) is 31.1. The summed E-state index contributed by atoms with van der Waals surface area (Å²) >= 11 is 6.35. The molecular formula is C24H31ClN2O6. The number of amides is 2. The minimum atomic E-state index is -1.15. The molecular weight excluding hydrogens is 448 g/mol. The number of aryl methyl sites for hydroxylation is 1. The third-order valence-corrected chi connectivity index (χ3v) is 7.64. The molecule has 180 valence electrons. The fraction of sp³-hybridized carbons (Fsp3) is 0.625. The number of esters is 1. The van der Waals surface area contributed by atoms with Crippen LogP contribution in [0.3, 0.4) is 0 Å². The van der Waals surface area contributed by atoms with Gasteiger partial charge in [0.1, 0.15) is 11.6 Å². The van der Waals surface area contributed by atoms with Crippen molar-refractivity contribution >= 4 is 35.1 Å². The Kier molecular flexibility index (Phi) is 6.46. The Morgan fingerprint density at radius 2 is 2.12 bits per heavy atom. The van der Waals surface area contributed by atoms with Gasteiger partial charge in [-0.2, -0.15) is 0 Å². The van der Waals surface area contributed by atoms with E-state index in [9.17, 15) is 19.5 Å². The van der Waals surface area contributed by atoms with Gasteiger partial charge in [-0.05, 0) is 44.2 Å². The molecule has 3 heterocycles. The largest absolute Gasteiger partial charge is 0.466 e. The van der Waals surface area contributed by atoms with Crippen LogP contribution >= 0.6 is 11.6 Å². The summed E-state index contributed by atoms with van der Waals surface area (Å²) in [5, 5.41) is 13.5. The number of nitrogens with one attached hydrogen (secondary N) is 1. The first-order chi connectivity index (χ1) is 15.7. The number of nitrogens with zero attached hydrogens (tertiary/aromatic N) is 1. The molecule has 33 heavy (non-hydrogen) atoms. The van der Waals surface area contributed by atoms with Crippen molar-refractivity contribution in [2.24, 2.45) is 17.8 Å². The second-order valence-corrected chi connectivity index (χ2v) is 9.88. The van der Waals surface area contributed by atoms with Gasteiger partial charge in [0.05, 0.1) is 47.9 Å². The van der Waals surface area contributed by atoms with E-state index in [4.69, 9.17) is 21.1 Å². The number of carbonyl (C=O) groups is 3. The molecule has 0 aromatic heterocycles. The maximum absolute atomic E-state index is 13.8. The molecule has 6 atom stereocenters. The summed E-state index contributed by atoms with van der Waals surface area (Å²) < 4.78 is 11.6. The maximum Gasteiger partial charge on any atom is 0.312 e. The van der Waals surface area contributed by atoms with Gasteiger partial charge in [0, 0.05) is 0 Å². The van der Waals surface area contributed by atoms with Crippen molar-refractivity contribution < 1.29 is 29.0 Å². The second kappa shape index (κ2) is 8.89. The van der Waals surface area contributed by atoms with Crippen LogP contribution in [0, 0.1) is 24.7 Å². The van der Waals surface area contributed by atoms with E-state index < -0.39 is 47.5 Å². The van der Waals surface area contributed by atoms with Crippen molar-refractivity contribution in [3.05, 3.63) is 28.8 Å². The van der Waals surface area contributed by atoms with Crippen LogP contribution in [0.25, 0.3) is 0 Å². The zero-order chi connectivity index (χ0) is 24.1. The molecule has 0 radical (unpaired) electrons. The number of hydrogen-bond donors (Lipinski definition) is 2. The minimum absolute atomic E-state index is 0.121. The first-order valence-corrected chi connectivity index (χ1v) is 11.9. The van der Waals surface area contributed by atoms with Crippen molar-refractivity contribution in [2.75, 3.05) is 18.5 Å². The van der Waals surface area contributed by atoms with E-state index in [1.165, 1.54) is 4.90 Å². The van der Waals surface area contributed by atoms with Gasteiger partial charge in [-0.3, -0.25) is 14.4 Å². The third-order valence-electron chi connectivity index (χ3n) is 7.33. The van der Waals surface area contributed by atoms with E-state index in [1.54, 1.807) is 19.1 Å². The predicted octanol–water partition coefficient (Wildman–Crippen LogP) is 2.54. The molecule has 0 saturated carbocycles. The van der Waals surface area contributed by atoms with Crippen LogP contribution in [0.4, 0.5) is 5.69 Å². The summed E-state index contributed by atoms with van der Waals surface area (Å²) in [6.07, 6.45) is 0.557. The lowest BCUT2D eigenvalue weighted by Crippen LogP contribution is -2.57. The maximum atomic E-state index is 13.8. The van der Waals surface area contributed by atoms with Gasteiger partial charge in [-0.1, -0.05) is 37.6 Å². The number of para-hydroxylation sites is 1. The average Bonchev–Trinajstić information content (AvgIpc) is 3.39. The highest BCUT2D eigenvalue weighted by molar-refractivity contribution is 6.34. The van der Waals surface area contributed by atoms with Crippen molar-refractivity contribution in [3.63, 3.8) is 0 Å². The van der Waals surface area contributed by atoms with Crippen molar-refractivity contribution in [1.82, 2.24) is 4.90 Å². The number of carbonyl (C=O) groups excluding carboxylic acids is 3. The number of likely N-dealkylation sites (tertiary alicyclic amines) is 1. The number of benzene rings is 1. The van der Waals surface area contributed by atoms with Crippen LogP contribution in [-0.4, -0.2) is 64.8 Å². The molecule has 3 saturated heterocycles. The van der Waals surface area contributed by atoms with Gasteiger partial charge >= 0.3 is 5.97 Å². The molecule has 1 spiro atoms. The van der Waals surface area contributed by atoms with Gasteiger partial charge in [0.25, 0.3) is 0 Å². The molecule has 3 aliphatic heterocycles. The molecule has 8 nitrogen and oxygen atoms in total. The first kappa shape index (κ1) is 24.0. The molecule has 2 unspecified atom stereocenters. The van der Waals surface area contributed by atoms with Crippen molar-refractivity contribution in [2.45, 2.75) is 64.3 Å². The molecule has 3 aliphatic rings. The second-order valence-electron chi connectivity index (χ2n) is 9.47. The van der Waals surface area contributed by atoms with Gasteiger partial charge in [0.15, 0.2) is 0 Å². The van der Waals surface area contributed by atoms with E-state index in [-0.39, 0.29) is 25.0 Å². The lowest BCUT2D eigenvalue weighted by Gasteiger charge is -2.38. The molecule has 1 aromatic rings. The number of halogens is 1. The highest BCUT2D eigenvalue weighted by atomic mass is 35.5. The Bertz CT molecular complexity index is 948. The lowest BCUT2D eigenvalue weighted by atomic mass is 9.70. The van der Waals surface area contributed by atoms with Crippen LogP contribution in [0.1, 0.15) is 39.2 Å². The Labute approximate surface area is 198 Å². The molecule has 2 N–H and O–H groups in total. The summed E-state index contributed by atoms with van der Waals surface area (Å²) in [5.41, 5.74) is 0.0983. The van der Waals surface area contributed by atoms with Crippen molar-refractivity contribution in [1.29, 1.82) is 0 Å². The Morgan fingerprint density at radius 3 is 2.73 bits per heavy atom. The van der Waals surface area contributed by atoms with E-state index in [0.29, 0.717) is 23.6 Å². The molecule has 2 bridgehead atoms. The molecule has 0 aliphatic carbocycles. The summed E-state index contributed by atoms with van der Waals surface area (Å²) in [4.78, 5) is 41.9. The van der Waals surface area contributed by atoms with E-state index in [0.717, 1.165) is 5.56 Å². The number of ether oxygens (including phenoxy) is 2. The fourth-order valence-corrected chi connectivity index (χ4v) is 6.13. The molecule has 2 amide bonds. The standard InChI is InChI=1S/C24H31ClN2O6/c1-5-32-23(31)17-16-9-10-24(33-16)18(17)22(30)27(15(11-28)12(2)3)20(24)21(29)26-19-13(4)7-6-8-14(19)25/h6-8,12,15-18,20,28H,5,9-11H2,1-4H3,(H,26,29)/t15-,16+,17-,18-,20?,24?/m0/s1. The summed E-state index contributed by atoms with van der Waals surface area (Å²) in [5.74, 6) is -2.98. The molecule has 3 fully saturated rings. The third kappa shape index (κ3) is 3.63. The monoisotopic (exact) mass is 478 g/mol. The fourth-order valence-electron chi connectivity index (χ4n) is 5.86. The van der Waals surface area contributed by atoms with Gasteiger partial charge in [0.2, 0.25) is 11.8 Å². The molecule has 9 heteroatoms. The zero-order valence-electron chi connectivity index (χ0n) is 19.3. The minimum Gasteiger partial charge on any atom is -0.466 e. The van der Waals surface area contributed by atoms with Gasteiger partial charge < -0.3 is 24.8 Å². The highest BCUT2D eigenvalue weighted by Crippen LogP contribution is 2.59. The molecule has 4 rings (SSSR count). The molecule has 1 aromatic carbocycles. The number of rotatable bonds is 7. The average molecular weight is 479 g/mol. The van der Waals surface area contributed by atoms with Gasteiger partial charge in [-0.15, -0.1) is 0 Å². The number of hydrogen-bond acceptors (Lipinski definition) is 6. The summed E-state index contributed by atoms with van der Waals surface area (Å²) in [7, 11) is 0. The summed E-state index contributed by atoms with van der Waals surface area (Å²) in [6, 6.07) is 3.70. The smallest absolute Gasteiger partial charge is 0.312 e. The van der Waals surface area contributed by atoms with Crippen LogP contribution in [0.5, 0.6) is 0 Å². The topological polar surface area (TPSA) is 105 Å². The number of fused-ring (bicyclic) bond motifs is 1. The van der Waals surface area contributed by atoms with E-state index in [2.05, 4.69) is 5.32 Å². The first-order valence-electron chi connectivity index (χ1n) is 11.5. The van der Waals surface area contributed by atoms with E-state index >= 15 is 0 Å². The quantitative estimate of drug-likeness (QED) is 0.583. The lowest BCUT2D eigenvalue weighted by molar-refractivity contribution is -0.155. The number of aliphatic hydroxyl groups excluding tert-OH is 1. The Morgan fingerprint density at radius 1 is 1.39 bits per heavy atom. The van der Waals surface area contributed by atoms with E-state index in [1.807, 2.05) is 26.8 Å². The Hall–Kier alpha value is -2.16. The Balaban J connectivity index is 1.78.